The number of piperidine rings is 1. The summed E-state index contributed by atoms with van der Waals surface area (Å²) in [5, 5.41) is 2.48. The number of ether oxygens (including phenoxy) is 1. The first-order valence-corrected chi connectivity index (χ1v) is 7.05. The lowest BCUT2D eigenvalue weighted by Crippen LogP contribution is -2.53. The smallest absolute Gasteiger partial charge is 0.234 e. The van der Waals surface area contributed by atoms with Gasteiger partial charge in [0.2, 0.25) is 11.8 Å². The van der Waals surface area contributed by atoms with Gasteiger partial charge in [-0.25, -0.2) is 0 Å². The molecule has 3 atom stereocenters. The van der Waals surface area contributed by atoms with Crippen molar-refractivity contribution in [2.45, 2.75) is 38.7 Å². The average Bonchev–Trinajstić information content (AvgIpc) is 2.72. The highest BCUT2D eigenvalue weighted by Gasteiger charge is 2.55. The Labute approximate surface area is 118 Å². The van der Waals surface area contributed by atoms with Crippen LogP contribution in [-0.4, -0.2) is 24.5 Å². The molecule has 3 rings (SSSR count). The van der Waals surface area contributed by atoms with E-state index in [-0.39, 0.29) is 23.8 Å². The number of benzene rings is 1. The molecule has 2 amide bonds. The molecule has 106 valence electrons. The number of amides is 2. The molecule has 1 aromatic rings. The maximum absolute atomic E-state index is 12.4. The van der Waals surface area contributed by atoms with Crippen LogP contribution in [0.3, 0.4) is 0 Å². The van der Waals surface area contributed by atoms with Gasteiger partial charge in [0.25, 0.3) is 0 Å². The van der Waals surface area contributed by atoms with Crippen LogP contribution >= 0.6 is 0 Å². The van der Waals surface area contributed by atoms with E-state index in [9.17, 15) is 9.59 Å². The molecule has 1 spiro atoms. The molecule has 2 saturated heterocycles. The highest BCUT2D eigenvalue weighted by Crippen LogP contribution is 2.51. The van der Waals surface area contributed by atoms with Crippen LogP contribution in [0.15, 0.2) is 24.3 Å². The molecule has 2 aliphatic heterocycles. The predicted octanol–water partition coefficient (Wildman–Crippen LogP) is 1.92. The Kier molecular flexibility index (Phi) is 3.13. The molecule has 4 heteroatoms. The maximum atomic E-state index is 12.4. The van der Waals surface area contributed by atoms with Gasteiger partial charge in [0, 0.05) is 18.4 Å². The van der Waals surface area contributed by atoms with Gasteiger partial charge in [-0.1, -0.05) is 29.8 Å². The topological polar surface area (TPSA) is 55.4 Å². The number of carbonyl (C=O) groups is 2. The number of carbonyl (C=O) groups excluding carboxylic acids is 2. The average molecular weight is 273 g/mol. The van der Waals surface area contributed by atoms with E-state index in [4.69, 9.17) is 4.74 Å². The molecule has 1 aromatic carbocycles. The molecule has 0 saturated carbocycles. The normalized spacial score (nSPS) is 33.5. The van der Waals surface area contributed by atoms with Crippen molar-refractivity contribution in [2.24, 2.45) is 5.41 Å². The second-order valence-electron chi connectivity index (χ2n) is 5.93. The number of hydrogen-bond donors (Lipinski definition) is 1. The summed E-state index contributed by atoms with van der Waals surface area (Å²) < 4.78 is 5.69. The summed E-state index contributed by atoms with van der Waals surface area (Å²) in [4.78, 5) is 24.2. The molecule has 20 heavy (non-hydrogen) atoms. The fraction of sp³-hybridized carbons (Fsp3) is 0.500. The van der Waals surface area contributed by atoms with E-state index in [1.165, 1.54) is 0 Å². The number of aryl methyl sites for hydroxylation is 1. The van der Waals surface area contributed by atoms with Crippen molar-refractivity contribution < 1.29 is 14.3 Å². The number of hydrogen-bond acceptors (Lipinski definition) is 3. The van der Waals surface area contributed by atoms with Gasteiger partial charge in [0.1, 0.15) is 0 Å². The summed E-state index contributed by atoms with van der Waals surface area (Å²) in [6, 6.07) is 7.99. The monoisotopic (exact) mass is 273 g/mol. The minimum atomic E-state index is -0.394. The Morgan fingerprint density at radius 2 is 1.95 bits per heavy atom. The second kappa shape index (κ2) is 4.70. The van der Waals surface area contributed by atoms with Gasteiger partial charge >= 0.3 is 0 Å². The van der Waals surface area contributed by atoms with Gasteiger partial charge in [0.15, 0.2) is 0 Å². The SMILES string of the molecule is Cc1ccc(C2C(=O)NC(=O)CC23CCOC3C)cc1. The van der Waals surface area contributed by atoms with Crippen molar-refractivity contribution in [3.63, 3.8) is 0 Å². The molecule has 3 unspecified atom stereocenters. The Hall–Kier alpha value is -1.68. The summed E-state index contributed by atoms with van der Waals surface area (Å²) in [6.45, 7) is 4.61. The van der Waals surface area contributed by atoms with Crippen LogP contribution < -0.4 is 5.32 Å². The summed E-state index contributed by atoms with van der Waals surface area (Å²) in [6.07, 6.45) is 1.04. The highest BCUT2D eigenvalue weighted by atomic mass is 16.5. The Morgan fingerprint density at radius 1 is 1.25 bits per heavy atom. The number of imide groups is 1. The summed E-state index contributed by atoms with van der Waals surface area (Å²) in [5.74, 6) is -0.684. The summed E-state index contributed by atoms with van der Waals surface area (Å²) in [5.41, 5.74) is 1.73. The van der Waals surface area contributed by atoms with E-state index in [1.54, 1.807) is 0 Å². The van der Waals surface area contributed by atoms with E-state index in [0.29, 0.717) is 13.0 Å². The molecule has 2 fully saturated rings. The molecular weight excluding hydrogens is 254 g/mol. The van der Waals surface area contributed by atoms with Crippen LogP contribution in [0, 0.1) is 12.3 Å². The lowest BCUT2D eigenvalue weighted by Gasteiger charge is -2.41. The fourth-order valence-corrected chi connectivity index (χ4v) is 3.56. The largest absolute Gasteiger partial charge is 0.378 e. The zero-order chi connectivity index (χ0) is 14.3. The first-order valence-electron chi connectivity index (χ1n) is 7.05. The quantitative estimate of drug-likeness (QED) is 0.795. The summed E-state index contributed by atoms with van der Waals surface area (Å²) in [7, 11) is 0. The van der Waals surface area contributed by atoms with Crippen molar-refractivity contribution in [3.05, 3.63) is 35.4 Å². The second-order valence-corrected chi connectivity index (χ2v) is 5.93. The Morgan fingerprint density at radius 3 is 2.55 bits per heavy atom. The van der Waals surface area contributed by atoms with Crippen molar-refractivity contribution >= 4 is 11.8 Å². The highest BCUT2D eigenvalue weighted by molar-refractivity contribution is 6.02. The number of nitrogens with one attached hydrogen (secondary N) is 1. The lowest BCUT2D eigenvalue weighted by atomic mass is 9.63. The molecule has 2 aliphatic rings. The molecule has 2 heterocycles. The zero-order valence-electron chi connectivity index (χ0n) is 11.8. The minimum Gasteiger partial charge on any atom is -0.378 e. The van der Waals surface area contributed by atoms with Gasteiger partial charge < -0.3 is 4.74 Å². The van der Waals surface area contributed by atoms with Crippen LogP contribution in [0.2, 0.25) is 0 Å². The van der Waals surface area contributed by atoms with Crippen molar-refractivity contribution in [3.8, 4) is 0 Å². The standard InChI is InChI=1S/C16H19NO3/c1-10-3-5-12(6-4-10)14-15(19)17-13(18)9-16(14)7-8-20-11(16)2/h3-6,11,14H,7-9H2,1-2H3,(H,17,18,19). The van der Waals surface area contributed by atoms with Crippen LogP contribution in [0.1, 0.15) is 36.8 Å². The van der Waals surface area contributed by atoms with Crippen molar-refractivity contribution in [2.75, 3.05) is 6.61 Å². The van der Waals surface area contributed by atoms with Crippen molar-refractivity contribution in [1.29, 1.82) is 0 Å². The third kappa shape index (κ3) is 1.95. The van der Waals surface area contributed by atoms with E-state index in [2.05, 4.69) is 5.32 Å². The molecule has 0 radical (unpaired) electrons. The third-order valence-corrected chi connectivity index (χ3v) is 4.75. The molecular formula is C16H19NO3. The maximum Gasteiger partial charge on any atom is 0.234 e. The predicted molar refractivity (Wildman–Crippen MR) is 74.2 cm³/mol. The molecule has 1 N–H and O–H groups in total. The third-order valence-electron chi connectivity index (χ3n) is 4.75. The van der Waals surface area contributed by atoms with Gasteiger partial charge in [-0.2, -0.15) is 0 Å². The first kappa shape index (κ1) is 13.3. The van der Waals surface area contributed by atoms with E-state index in [1.807, 2.05) is 38.1 Å². The number of rotatable bonds is 1. The van der Waals surface area contributed by atoms with Crippen LogP contribution in [0.4, 0.5) is 0 Å². The molecule has 0 aliphatic carbocycles. The minimum absolute atomic E-state index is 0.0798. The van der Waals surface area contributed by atoms with Gasteiger partial charge in [-0.15, -0.1) is 0 Å². The van der Waals surface area contributed by atoms with Crippen LogP contribution in [-0.2, 0) is 14.3 Å². The van der Waals surface area contributed by atoms with E-state index in [0.717, 1.165) is 17.5 Å². The molecule has 0 bridgehead atoms. The first-order chi connectivity index (χ1) is 9.53. The lowest BCUT2D eigenvalue weighted by molar-refractivity contribution is -0.142. The Balaban J connectivity index is 2.06. The van der Waals surface area contributed by atoms with Gasteiger partial charge in [0.05, 0.1) is 12.0 Å². The van der Waals surface area contributed by atoms with E-state index < -0.39 is 5.41 Å². The summed E-state index contributed by atoms with van der Waals surface area (Å²) >= 11 is 0. The fourth-order valence-electron chi connectivity index (χ4n) is 3.56. The van der Waals surface area contributed by atoms with Gasteiger partial charge in [-0.3, -0.25) is 14.9 Å². The molecule has 0 aromatic heterocycles. The van der Waals surface area contributed by atoms with Crippen LogP contribution in [0.25, 0.3) is 0 Å². The zero-order valence-corrected chi connectivity index (χ0v) is 11.8. The van der Waals surface area contributed by atoms with Gasteiger partial charge in [-0.05, 0) is 25.8 Å². The van der Waals surface area contributed by atoms with Crippen molar-refractivity contribution in [1.82, 2.24) is 5.32 Å². The van der Waals surface area contributed by atoms with Crippen LogP contribution in [0.5, 0.6) is 0 Å². The Bertz CT molecular complexity index is 551. The molecule has 4 nitrogen and oxygen atoms in total. The van der Waals surface area contributed by atoms with E-state index >= 15 is 0 Å².